The number of nitrogen functional groups attached to an aromatic ring is 1. The van der Waals surface area contributed by atoms with Crippen molar-refractivity contribution in [2.24, 2.45) is 0 Å². The molecule has 2 heterocycles. The second-order valence-corrected chi connectivity index (χ2v) is 8.31. The predicted octanol–water partition coefficient (Wildman–Crippen LogP) is 2.43. The largest absolute Gasteiger partial charge is 0.486 e. The molecule has 0 radical (unpaired) electrons. The molecule has 0 saturated carbocycles. The molecule has 0 aliphatic carbocycles. The van der Waals surface area contributed by atoms with E-state index in [1.807, 2.05) is 0 Å². The van der Waals surface area contributed by atoms with Gasteiger partial charge in [0.25, 0.3) is 10.1 Å². The second kappa shape index (κ2) is 11.1. The summed E-state index contributed by atoms with van der Waals surface area (Å²) >= 11 is 0. The molecule has 4 rings (SSSR count). The zero-order chi connectivity index (χ0) is 25.5. The summed E-state index contributed by atoms with van der Waals surface area (Å²) in [6.07, 6.45) is 2.30. The first-order chi connectivity index (χ1) is 15.9. The highest BCUT2D eigenvalue weighted by molar-refractivity contribution is 7.86. The van der Waals surface area contributed by atoms with Gasteiger partial charge >= 0.3 is 11.9 Å². The molecule has 0 amide bonds. The minimum absolute atomic E-state index is 0.0584. The summed E-state index contributed by atoms with van der Waals surface area (Å²) in [6.45, 7) is 2.23. The first-order valence-corrected chi connectivity index (χ1v) is 11.1. The van der Waals surface area contributed by atoms with Gasteiger partial charge in [0.2, 0.25) is 5.76 Å². The van der Waals surface area contributed by atoms with Gasteiger partial charge in [-0.1, -0.05) is 18.2 Å². The molecule has 2 aromatic carbocycles. The number of rotatable bonds is 3. The van der Waals surface area contributed by atoms with Crippen molar-refractivity contribution in [2.45, 2.75) is 18.2 Å². The van der Waals surface area contributed by atoms with E-state index in [0.29, 0.717) is 17.5 Å². The molecule has 0 atom stereocenters. The van der Waals surface area contributed by atoms with Gasteiger partial charge in [-0.05, 0) is 42.8 Å². The lowest BCUT2D eigenvalue weighted by Crippen LogP contribution is -2.09. The van der Waals surface area contributed by atoms with Crippen LogP contribution in [-0.2, 0) is 19.6 Å². The van der Waals surface area contributed by atoms with Crippen molar-refractivity contribution in [1.82, 2.24) is 4.98 Å². The number of aromatic amines is 1. The average Bonchev–Trinajstić information content (AvgIpc) is 3.31. The standard InChI is InChI=1S/C10H7NO3.C7H9NO3S.C5H6O3/c12-9-5-8(10(13)14)11-7-4-2-1-3-6(7)9;1-5-2-3-6(8)7(4-5)12(9,10)11;6-5(7)4-2-1-3-8-4/h1-5H,(H,11,12)(H,13,14);2-4H,8H2,1H3,(H,9,10,11);2H,1,3H2,(H,6,7). The van der Waals surface area contributed by atoms with Crippen molar-refractivity contribution in [1.29, 1.82) is 0 Å². The van der Waals surface area contributed by atoms with Crippen LogP contribution in [0.1, 0.15) is 22.5 Å². The summed E-state index contributed by atoms with van der Waals surface area (Å²) in [5, 5.41) is 17.4. The van der Waals surface area contributed by atoms with Crippen molar-refractivity contribution in [3.63, 3.8) is 0 Å². The van der Waals surface area contributed by atoms with E-state index < -0.39 is 22.1 Å². The molecule has 1 aliphatic rings. The van der Waals surface area contributed by atoms with Crippen LogP contribution in [0, 0.1) is 6.92 Å². The number of pyridine rings is 1. The molecule has 1 aromatic heterocycles. The summed E-state index contributed by atoms with van der Waals surface area (Å²) < 4.78 is 34.7. The molecule has 0 bridgehead atoms. The maximum absolute atomic E-state index is 11.4. The molecular weight excluding hydrogens is 468 g/mol. The number of hydrogen-bond acceptors (Lipinski definition) is 7. The highest BCUT2D eigenvalue weighted by atomic mass is 32.2. The molecule has 0 unspecified atom stereocenters. The Kier molecular flexibility index (Phi) is 8.53. The highest BCUT2D eigenvalue weighted by Gasteiger charge is 2.13. The molecule has 0 spiro atoms. The molecular formula is C22H22N2O9S. The van der Waals surface area contributed by atoms with E-state index in [0.717, 1.165) is 18.1 Å². The van der Waals surface area contributed by atoms with Crippen LogP contribution in [0.3, 0.4) is 0 Å². The molecule has 6 N–H and O–H groups in total. The number of nitrogens with one attached hydrogen (secondary N) is 1. The van der Waals surface area contributed by atoms with Crippen LogP contribution in [-0.4, -0.2) is 46.7 Å². The van der Waals surface area contributed by atoms with Crippen molar-refractivity contribution < 1.29 is 37.5 Å². The maximum Gasteiger partial charge on any atom is 0.370 e. The van der Waals surface area contributed by atoms with Crippen LogP contribution in [0.5, 0.6) is 0 Å². The number of anilines is 1. The van der Waals surface area contributed by atoms with Gasteiger partial charge in [0.05, 0.1) is 12.3 Å². The van der Waals surface area contributed by atoms with E-state index in [1.54, 1.807) is 43.3 Å². The van der Waals surface area contributed by atoms with E-state index in [-0.39, 0.29) is 27.5 Å². The van der Waals surface area contributed by atoms with Crippen LogP contribution in [0.4, 0.5) is 5.69 Å². The van der Waals surface area contributed by atoms with Gasteiger partial charge in [0.1, 0.15) is 10.6 Å². The molecule has 1 aliphatic heterocycles. The van der Waals surface area contributed by atoms with E-state index in [4.69, 9.17) is 20.5 Å². The van der Waals surface area contributed by atoms with Crippen molar-refractivity contribution >= 4 is 38.6 Å². The van der Waals surface area contributed by atoms with Gasteiger partial charge < -0.3 is 25.7 Å². The number of para-hydroxylation sites is 1. The molecule has 0 saturated heterocycles. The van der Waals surface area contributed by atoms with Gasteiger partial charge in [-0.3, -0.25) is 9.35 Å². The normalized spacial score (nSPS) is 12.4. The Morgan fingerprint density at radius 2 is 1.74 bits per heavy atom. The van der Waals surface area contributed by atoms with Crippen LogP contribution in [0.2, 0.25) is 0 Å². The molecule has 180 valence electrons. The Morgan fingerprint density at radius 1 is 1.06 bits per heavy atom. The molecule has 11 nitrogen and oxygen atoms in total. The monoisotopic (exact) mass is 490 g/mol. The Morgan fingerprint density at radius 3 is 2.24 bits per heavy atom. The van der Waals surface area contributed by atoms with Gasteiger partial charge in [-0.2, -0.15) is 8.42 Å². The number of aromatic carboxylic acids is 1. The third kappa shape index (κ3) is 7.18. The van der Waals surface area contributed by atoms with E-state index in [9.17, 15) is 22.8 Å². The number of aromatic nitrogens is 1. The number of carbonyl (C=O) groups is 2. The van der Waals surface area contributed by atoms with Gasteiger partial charge in [0, 0.05) is 23.4 Å². The second-order valence-electron chi connectivity index (χ2n) is 6.93. The third-order valence-corrected chi connectivity index (χ3v) is 5.24. The predicted molar refractivity (Wildman–Crippen MR) is 123 cm³/mol. The minimum atomic E-state index is -4.18. The minimum Gasteiger partial charge on any atom is -0.486 e. The summed E-state index contributed by atoms with van der Waals surface area (Å²) in [5.41, 5.74) is 6.30. The fourth-order valence-corrected chi connectivity index (χ4v) is 3.44. The smallest absolute Gasteiger partial charge is 0.370 e. The number of benzene rings is 2. The maximum atomic E-state index is 11.4. The number of fused-ring (bicyclic) bond motifs is 1. The zero-order valence-electron chi connectivity index (χ0n) is 17.9. The van der Waals surface area contributed by atoms with Gasteiger partial charge in [-0.15, -0.1) is 0 Å². The lowest BCUT2D eigenvalue weighted by atomic mass is 10.2. The number of nitrogens with two attached hydrogens (primary N) is 1. The molecule has 3 aromatic rings. The number of hydrogen-bond donors (Lipinski definition) is 5. The fourth-order valence-electron chi connectivity index (χ4n) is 2.74. The number of ether oxygens (including phenoxy) is 1. The number of H-pyrrole nitrogens is 1. The number of aryl methyl sites for hydroxylation is 1. The van der Waals surface area contributed by atoms with E-state index >= 15 is 0 Å². The summed E-state index contributed by atoms with van der Waals surface area (Å²) in [4.78, 5) is 34.5. The lowest BCUT2D eigenvalue weighted by molar-refractivity contribution is -0.136. The van der Waals surface area contributed by atoms with Gasteiger partial charge in [-0.25, -0.2) is 9.59 Å². The Hall–Kier alpha value is -4.16. The van der Waals surface area contributed by atoms with Crippen molar-refractivity contribution in [2.75, 3.05) is 12.3 Å². The van der Waals surface area contributed by atoms with Crippen LogP contribution in [0.15, 0.2) is 70.1 Å². The number of carboxylic acids is 2. The quantitative estimate of drug-likeness (QED) is 0.268. The first kappa shape index (κ1) is 26.1. The Balaban J connectivity index is 0.000000187. The number of aliphatic carboxylic acids is 1. The molecule has 12 heteroatoms. The van der Waals surface area contributed by atoms with Crippen LogP contribution in [0.25, 0.3) is 10.9 Å². The average molecular weight is 490 g/mol. The highest BCUT2D eigenvalue weighted by Crippen LogP contribution is 2.18. The van der Waals surface area contributed by atoms with Crippen LogP contribution < -0.4 is 11.2 Å². The Labute approximate surface area is 193 Å². The summed E-state index contributed by atoms with van der Waals surface area (Å²) in [5.74, 6) is -2.01. The van der Waals surface area contributed by atoms with E-state index in [1.165, 1.54) is 12.1 Å². The Bertz CT molecular complexity index is 1410. The topological polar surface area (TPSA) is 197 Å². The third-order valence-electron chi connectivity index (χ3n) is 4.33. The lowest BCUT2D eigenvalue weighted by Gasteiger charge is -2.02. The van der Waals surface area contributed by atoms with Gasteiger partial charge in [0.15, 0.2) is 5.43 Å². The number of carboxylic acid groups (broad SMARTS) is 2. The summed E-state index contributed by atoms with van der Waals surface area (Å²) in [7, 11) is -4.18. The molecule has 0 fully saturated rings. The van der Waals surface area contributed by atoms with E-state index in [2.05, 4.69) is 9.72 Å². The van der Waals surface area contributed by atoms with Crippen molar-refractivity contribution in [3.8, 4) is 0 Å². The zero-order valence-corrected chi connectivity index (χ0v) is 18.7. The van der Waals surface area contributed by atoms with Crippen molar-refractivity contribution in [3.05, 3.63) is 81.8 Å². The van der Waals surface area contributed by atoms with Crippen LogP contribution >= 0.6 is 0 Å². The first-order valence-electron chi connectivity index (χ1n) is 9.65. The fraction of sp³-hybridized carbons (Fsp3) is 0.136. The summed E-state index contributed by atoms with van der Waals surface area (Å²) in [6, 6.07) is 12.3. The SMILES string of the molecule is Cc1ccc(N)c(S(=O)(=O)O)c1.O=C(O)C1=CCCO1.O=C(O)c1cc(=O)c2ccccc2[nH]1. The molecule has 34 heavy (non-hydrogen) atoms.